The maximum absolute atomic E-state index is 12.6. The third-order valence-electron chi connectivity index (χ3n) is 4.00. The maximum atomic E-state index is 12.6. The van der Waals surface area contributed by atoms with Gasteiger partial charge in [0.25, 0.3) is 11.8 Å². The summed E-state index contributed by atoms with van der Waals surface area (Å²) >= 11 is 12.1. The molecule has 2 amide bonds. The Morgan fingerprint density at radius 2 is 1.90 bits per heavy atom. The number of hydrogen-bond donors (Lipinski definition) is 2. The van der Waals surface area contributed by atoms with Crippen LogP contribution in [0.5, 0.6) is 5.75 Å². The molecule has 154 valence electrons. The Kier molecular flexibility index (Phi) is 8.49. The number of hydrogen-bond acceptors (Lipinski definition) is 4. The SMILES string of the molecule is CCOc1ccc(Cl)cc1/C=N/NC(=O)C(NC(=O)c1ccccc1Cl)C(C)C. The molecule has 2 aromatic carbocycles. The maximum Gasteiger partial charge on any atom is 0.262 e. The van der Waals surface area contributed by atoms with E-state index in [-0.39, 0.29) is 5.92 Å². The lowest BCUT2D eigenvalue weighted by Gasteiger charge is -2.20. The Morgan fingerprint density at radius 1 is 1.17 bits per heavy atom. The molecule has 0 radical (unpaired) electrons. The van der Waals surface area contributed by atoms with Gasteiger partial charge in [0.2, 0.25) is 0 Å². The fraction of sp³-hybridized carbons (Fsp3) is 0.286. The molecule has 1 atom stereocenters. The summed E-state index contributed by atoms with van der Waals surface area (Å²) in [4.78, 5) is 25.1. The van der Waals surface area contributed by atoms with Crippen LogP contribution in [0.25, 0.3) is 0 Å². The first kappa shape index (κ1) is 22.7. The van der Waals surface area contributed by atoms with Gasteiger partial charge < -0.3 is 10.1 Å². The van der Waals surface area contributed by atoms with Crippen molar-refractivity contribution in [2.75, 3.05) is 6.61 Å². The van der Waals surface area contributed by atoms with E-state index in [1.807, 2.05) is 20.8 Å². The lowest BCUT2D eigenvalue weighted by molar-refractivity contribution is -0.123. The zero-order chi connectivity index (χ0) is 21.4. The Labute approximate surface area is 180 Å². The number of nitrogens with one attached hydrogen (secondary N) is 2. The van der Waals surface area contributed by atoms with Crippen molar-refractivity contribution in [2.24, 2.45) is 11.0 Å². The summed E-state index contributed by atoms with van der Waals surface area (Å²) in [6.45, 7) is 6.00. The second kappa shape index (κ2) is 10.8. The summed E-state index contributed by atoms with van der Waals surface area (Å²) in [5.41, 5.74) is 3.38. The minimum atomic E-state index is -0.790. The van der Waals surface area contributed by atoms with Gasteiger partial charge in [-0.3, -0.25) is 9.59 Å². The van der Waals surface area contributed by atoms with E-state index in [4.69, 9.17) is 27.9 Å². The molecule has 0 saturated carbocycles. The Hall–Kier alpha value is -2.57. The highest BCUT2D eigenvalue weighted by molar-refractivity contribution is 6.33. The zero-order valence-corrected chi connectivity index (χ0v) is 17.9. The molecular weight excluding hydrogens is 413 g/mol. The molecule has 6 nitrogen and oxygen atoms in total. The van der Waals surface area contributed by atoms with E-state index in [1.165, 1.54) is 6.21 Å². The lowest BCUT2D eigenvalue weighted by Crippen LogP contribution is -2.48. The highest BCUT2D eigenvalue weighted by Gasteiger charge is 2.25. The standard InChI is InChI=1S/C21H23Cl2N3O3/c1-4-29-18-10-9-15(22)11-14(18)12-24-26-21(28)19(13(2)3)25-20(27)16-7-5-6-8-17(16)23/h5-13,19H,4H2,1-3H3,(H,25,27)(H,26,28)/b24-12+. The molecule has 2 rings (SSSR count). The van der Waals surface area contributed by atoms with Crippen LogP contribution < -0.4 is 15.5 Å². The predicted octanol–water partition coefficient (Wildman–Crippen LogP) is 4.30. The third kappa shape index (κ3) is 6.48. The smallest absolute Gasteiger partial charge is 0.262 e. The van der Waals surface area contributed by atoms with Gasteiger partial charge in [-0.1, -0.05) is 49.2 Å². The van der Waals surface area contributed by atoms with Crippen molar-refractivity contribution in [3.8, 4) is 5.75 Å². The topological polar surface area (TPSA) is 79.8 Å². The van der Waals surface area contributed by atoms with Crippen LogP contribution in [-0.2, 0) is 4.79 Å². The number of ether oxygens (including phenoxy) is 1. The molecule has 29 heavy (non-hydrogen) atoms. The Bertz CT molecular complexity index is 900. The first-order valence-corrected chi connectivity index (χ1v) is 9.89. The van der Waals surface area contributed by atoms with Crippen molar-refractivity contribution in [3.63, 3.8) is 0 Å². The highest BCUT2D eigenvalue weighted by atomic mass is 35.5. The van der Waals surface area contributed by atoms with Crippen molar-refractivity contribution >= 4 is 41.2 Å². The van der Waals surface area contributed by atoms with Crippen molar-refractivity contribution in [1.29, 1.82) is 0 Å². The number of halogens is 2. The second-order valence-corrected chi connectivity index (χ2v) is 7.37. The van der Waals surface area contributed by atoms with E-state index < -0.39 is 17.9 Å². The summed E-state index contributed by atoms with van der Waals surface area (Å²) in [6, 6.07) is 11.0. The van der Waals surface area contributed by atoms with Crippen LogP contribution >= 0.6 is 23.2 Å². The number of hydrazone groups is 1. The first-order chi connectivity index (χ1) is 13.8. The summed E-state index contributed by atoms with van der Waals surface area (Å²) in [6.07, 6.45) is 1.45. The van der Waals surface area contributed by atoms with Crippen molar-refractivity contribution in [1.82, 2.24) is 10.7 Å². The molecule has 8 heteroatoms. The van der Waals surface area contributed by atoms with E-state index in [1.54, 1.807) is 42.5 Å². The van der Waals surface area contributed by atoms with Crippen LogP contribution in [0.15, 0.2) is 47.6 Å². The van der Waals surface area contributed by atoms with Gasteiger partial charge in [-0.05, 0) is 43.2 Å². The van der Waals surface area contributed by atoms with E-state index in [0.717, 1.165) is 0 Å². The molecule has 0 spiro atoms. The molecule has 1 unspecified atom stereocenters. The summed E-state index contributed by atoms with van der Waals surface area (Å²) in [5, 5.41) is 7.53. The van der Waals surface area contributed by atoms with Gasteiger partial charge in [-0.2, -0.15) is 5.10 Å². The minimum absolute atomic E-state index is 0.165. The normalized spacial score (nSPS) is 12.1. The van der Waals surface area contributed by atoms with Gasteiger partial charge >= 0.3 is 0 Å². The largest absolute Gasteiger partial charge is 0.493 e. The third-order valence-corrected chi connectivity index (χ3v) is 4.57. The zero-order valence-electron chi connectivity index (χ0n) is 16.4. The highest BCUT2D eigenvalue weighted by Crippen LogP contribution is 2.21. The molecule has 0 bridgehead atoms. The van der Waals surface area contributed by atoms with Crippen LogP contribution in [0.1, 0.15) is 36.7 Å². The average Bonchev–Trinajstić information content (AvgIpc) is 2.68. The van der Waals surface area contributed by atoms with Crippen LogP contribution in [-0.4, -0.2) is 30.7 Å². The number of nitrogens with zero attached hydrogens (tertiary/aromatic N) is 1. The molecule has 0 aliphatic carbocycles. The molecule has 0 heterocycles. The van der Waals surface area contributed by atoms with Crippen LogP contribution in [0, 0.1) is 5.92 Å². The molecule has 2 N–H and O–H groups in total. The minimum Gasteiger partial charge on any atom is -0.493 e. The van der Waals surface area contributed by atoms with E-state index in [0.29, 0.717) is 33.5 Å². The number of carbonyl (C=O) groups excluding carboxylic acids is 2. The quantitative estimate of drug-likeness (QED) is 0.479. The van der Waals surface area contributed by atoms with Crippen molar-refractivity contribution in [3.05, 3.63) is 63.6 Å². The predicted molar refractivity (Wildman–Crippen MR) is 116 cm³/mol. The summed E-state index contributed by atoms with van der Waals surface area (Å²) in [7, 11) is 0. The second-order valence-electron chi connectivity index (χ2n) is 6.52. The molecule has 0 aliphatic heterocycles. The Balaban J connectivity index is 2.09. The number of benzene rings is 2. The molecule has 0 fully saturated rings. The number of carbonyl (C=O) groups is 2. The molecular formula is C21H23Cl2N3O3. The van der Waals surface area contributed by atoms with Crippen LogP contribution in [0.2, 0.25) is 10.0 Å². The molecule has 0 aliphatic rings. The van der Waals surface area contributed by atoms with Gasteiger partial charge in [-0.25, -0.2) is 5.43 Å². The van der Waals surface area contributed by atoms with Gasteiger partial charge in [0.05, 0.1) is 23.4 Å². The van der Waals surface area contributed by atoms with E-state index >= 15 is 0 Å². The van der Waals surface area contributed by atoms with E-state index in [2.05, 4.69) is 15.8 Å². The average molecular weight is 436 g/mol. The van der Waals surface area contributed by atoms with Crippen molar-refractivity contribution in [2.45, 2.75) is 26.8 Å². The first-order valence-electron chi connectivity index (χ1n) is 9.14. The van der Waals surface area contributed by atoms with Crippen LogP contribution in [0.4, 0.5) is 0 Å². The van der Waals surface area contributed by atoms with Crippen LogP contribution in [0.3, 0.4) is 0 Å². The number of rotatable bonds is 8. The van der Waals surface area contributed by atoms with Gasteiger partial charge in [0.15, 0.2) is 0 Å². The fourth-order valence-corrected chi connectivity index (χ4v) is 2.94. The van der Waals surface area contributed by atoms with Crippen molar-refractivity contribution < 1.29 is 14.3 Å². The molecule has 0 saturated heterocycles. The molecule has 0 aromatic heterocycles. The van der Waals surface area contributed by atoms with E-state index in [9.17, 15) is 9.59 Å². The Morgan fingerprint density at radius 3 is 2.55 bits per heavy atom. The van der Waals surface area contributed by atoms with Gasteiger partial charge in [-0.15, -0.1) is 0 Å². The fourth-order valence-electron chi connectivity index (χ4n) is 2.54. The lowest BCUT2D eigenvalue weighted by atomic mass is 10.0. The number of amides is 2. The van der Waals surface area contributed by atoms with Gasteiger partial charge in [0, 0.05) is 10.6 Å². The molecule has 2 aromatic rings. The monoisotopic (exact) mass is 435 g/mol. The summed E-state index contributed by atoms with van der Waals surface area (Å²) < 4.78 is 5.52. The van der Waals surface area contributed by atoms with Gasteiger partial charge in [0.1, 0.15) is 11.8 Å². The summed E-state index contributed by atoms with van der Waals surface area (Å²) in [5.74, 6) is -0.442.